The molecule has 2 amide bonds. The number of hydrogen-bond donors (Lipinski definition) is 1. The first-order valence-electron chi connectivity index (χ1n) is 9.08. The molecule has 2 aromatic rings. The molecule has 6 heteroatoms. The van der Waals surface area contributed by atoms with Crippen LogP contribution in [0.4, 0.5) is 0 Å². The lowest BCUT2D eigenvalue weighted by Gasteiger charge is -2.30. The summed E-state index contributed by atoms with van der Waals surface area (Å²) in [5, 5.41) is 0. The van der Waals surface area contributed by atoms with E-state index in [1.54, 1.807) is 17.0 Å². The Balaban J connectivity index is 1.42. The Labute approximate surface area is 158 Å². The zero-order valence-corrected chi connectivity index (χ0v) is 15.2. The second-order valence-corrected chi connectivity index (χ2v) is 6.59. The maximum Gasteiger partial charge on any atom is 0.260 e. The maximum absolute atomic E-state index is 12.2. The normalized spacial score (nSPS) is 14.6. The summed E-state index contributed by atoms with van der Waals surface area (Å²) in [6, 6.07) is 17.1. The van der Waals surface area contributed by atoms with Gasteiger partial charge >= 0.3 is 0 Å². The summed E-state index contributed by atoms with van der Waals surface area (Å²) in [6.45, 7) is 1.57. The third-order valence-electron chi connectivity index (χ3n) is 4.68. The fourth-order valence-electron chi connectivity index (χ4n) is 3.02. The van der Waals surface area contributed by atoms with Crippen molar-refractivity contribution in [2.45, 2.75) is 19.4 Å². The number of likely N-dealkylation sites (tertiary alicyclic amines) is 1. The number of benzene rings is 2. The van der Waals surface area contributed by atoms with Gasteiger partial charge in [-0.2, -0.15) is 0 Å². The third-order valence-corrected chi connectivity index (χ3v) is 4.68. The molecule has 2 N–H and O–H groups in total. The van der Waals surface area contributed by atoms with Gasteiger partial charge < -0.3 is 20.1 Å². The zero-order valence-electron chi connectivity index (χ0n) is 15.2. The summed E-state index contributed by atoms with van der Waals surface area (Å²) in [4.78, 5) is 25.1. The van der Waals surface area contributed by atoms with Crippen molar-refractivity contribution >= 4 is 11.8 Å². The summed E-state index contributed by atoms with van der Waals surface area (Å²) >= 11 is 0. The second-order valence-electron chi connectivity index (χ2n) is 6.59. The molecule has 6 nitrogen and oxygen atoms in total. The molecule has 0 aliphatic carbocycles. The van der Waals surface area contributed by atoms with Crippen molar-refractivity contribution in [3.05, 3.63) is 60.2 Å². The Morgan fingerprint density at radius 1 is 0.926 bits per heavy atom. The molecule has 0 atom stereocenters. The number of hydrogen-bond acceptors (Lipinski definition) is 4. The first-order chi connectivity index (χ1) is 13.1. The number of ether oxygens (including phenoxy) is 2. The lowest BCUT2D eigenvalue weighted by Crippen LogP contribution is -2.43. The molecule has 1 saturated heterocycles. The first-order valence-corrected chi connectivity index (χ1v) is 9.08. The molecule has 2 aromatic carbocycles. The van der Waals surface area contributed by atoms with E-state index in [-0.39, 0.29) is 24.3 Å². The molecular formula is C21H24N2O4. The maximum atomic E-state index is 12.2. The van der Waals surface area contributed by atoms with Crippen molar-refractivity contribution in [3.63, 3.8) is 0 Å². The van der Waals surface area contributed by atoms with Gasteiger partial charge in [-0.1, -0.05) is 30.3 Å². The highest BCUT2D eigenvalue weighted by molar-refractivity contribution is 5.79. The Morgan fingerprint density at radius 2 is 1.52 bits per heavy atom. The number of rotatable bonds is 7. The van der Waals surface area contributed by atoms with E-state index in [1.165, 1.54) is 0 Å². The number of carbonyl (C=O) groups excluding carboxylic acids is 2. The number of piperidine rings is 1. The van der Waals surface area contributed by atoms with Crippen LogP contribution in [-0.4, -0.2) is 36.4 Å². The van der Waals surface area contributed by atoms with Crippen LogP contribution in [0.2, 0.25) is 0 Å². The molecule has 0 spiro atoms. The van der Waals surface area contributed by atoms with E-state index in [0.717, 1.165) is 11.3 Å². The molecule has 3 rings (SSSR count). The van der Waals surface area contributed by atoms with Crippen molar-refractivity contribution in [3.8, 4) is 11.5 Å². The molecule has 27 heavy (non-hydrogen) atoms. The summed E-state index contributed by atoms with van der Waals surface area (Å²) in [6.07, 6.45) is 1.24. The molecule has 0 aromatic heterocycles. The quantitative estimate of drug-likeness (QED) is 0.813. The summed E-state index contributed by atoms with van der Waals surface area (Å²) < 4.78 is 11.3. The number of carbonyl (C=O) groups is 2. The lowest BCUT2D eigenvalue weighted by atomic mass is 9.96. The van der Waals surface area contributed by atoms with Gasteiger partial charge in [0.15, 0.2) is 6.61 Å². The summed E-state index contributed by atoms with van der Waals surface area (Å²) in [5.74, 6) is 0.863. The van der Waals surface area contributed by atoms with Gasteiger partial charge in [-0.3, -0.25) is 9.59 Å². The number of nitrogens with zero attached hydrogens (tertiary/aromatic N) is 1. The van der Waals surface area contributed by atoms with Gasteiger partial charge in [-0.15, -0.1) is 0 Å². The molecule has 0 saturated carbocycles. The number of amides is 2. The average molecular weight is 368 g/mol. The predicted molar refractivity (Wildman–Crippen MR) is 101 cm³/mol. The van der Waals surface area contributed by atoms with E-state index < -0.39 is 0 Å². The van der Waals surface area contributed by atoms with Crippen LogP contribution < -0.4 is 15.2 Å². The molecule has 1 aliphatic heterocycles. The topological polar surface area (TPSA) is 81.9 Å². The van der Waals surface area contributed by atoms with Gasteiger partial charge in [0.05, 0.1) is 0 Å². The number of nitrogens with two attached hydrogens (primary N) is 1. The van der Waals surface area contributed by atoms with Crippen LogP contribution in [0.3, 0.4) is 0 Å². The molecule has 1 heterocycles. The molecule has 142 valence electrons. The van der Waals surface area contributed by atoms with Gasteiger partial charge in [-0.25, -0.2) is 0 Å². The minimum Gasteiger partial charge on any atom is -0.489 e. The summed E-state index contributed by atoms with van der Waals surface area (Å²) in [5.41, 5.74) is 6.41. The van der Waals surface area contributed by atoms with E-state index in [1.807, 2.05) is 42.5 Å². The fourth-order valence-corrected chi connectivity index (χ4v) is 3.02. The van der Waals surface area contributed by atoms with Gasteiger partial charge in [0.25, 0.3) is 5.91 Å². The highest BCUT2D eigenvalue weighted by Crippen LogP contribution is 2.20. The predicted octanol–water partition coefficient (Wildman–Crippen LogP) is 2.37. The van der Waals surface area contributed by atoms with Crippen molar-refractivity contribution in [1.29, 1.82) is 0 Å². The highest BCUT2D eigenvalue weighted by Gasteiger charge is 2.25. The number of primary amides is 1. The van der Waals surface area contributed by atoms with E-state index in [0.29, 0.717) is 38.3 Å². The van der Waals surface area contributed by atoms with Crippen LogP contribution in [0.1, 0.15) is 18.4 Å². The first kappa shape index (κ1) is 18.8. The van der Waals surface area contributed by atoms with Gasteiger partial charge in [0, 0.05) is 19.0 Å². The zero-order chi connectivity index (χ0) is 19.1. The molecule has 1 fully saturated rings. The van der Waals surface area contributed by atoms with Gasteiger partial charge in [0.1, 0.15) is 18.1 Å². The van der Waals surface area contributed by atoms with Gasteiger partial charge in [0.2, 0.25) is 5.91 Å². The van der Waals surface area contributed by atoms with Crippen LogP contribution in [0.25, 0.3) is 0 Å². The van der Waals surface area contributed by atoms with E-state index in [9.17, 15) is 9.59 Å². The van der Waals surface area contributed by atoms with Crippen molar-refractivity contribution < 1.29 is 19.1 Å². The van der Waals surface area contributed by atoms with Crippen LogP contribution in [0.5, 0.6) is 11.5 Å². The van der Waals surface area contributed by atoms with Crippen LogP contribution in [-0.2, 0) is 16.2 Å². The van der Waals surface area contributed by atoms with Crippen molar-refractivity contribution in [2.24, 2.45) is 11.7 Å². The molecule has 1 aliphatic rings. The Kier molecular flexibility index (Phi) is 6.30. The smallest absolute Gasteiger partial charge is 0.260 e. The Bertz CT molecular complexity index is 754. The lowest BCUT2D eigenvalue weighted by molar-refractivity contribution is -0.136. The van der Waals surface area contributed by atoms with Crippen LogP contribution >= 0.6 is 0 Å². The minimum atomic E-state index is -0.284. The van der Waals surface area contributed by atoms with E-state index >= 15 is 0 Å². The minimum absolute atomic E-state index is 0.0224. The SMILES string of the molecule is NC(=O)C1CCN(C(=O)COc2ccc(OCc3ccccc3)cc2)CC1. The molecule has 0 unspecified atom stereocenters. The molecule has 0 bridgehead atoms. The molecule has 0 radical (unpaired) electrons. The largest absolute Gasteiger partial charge is 0.489 e. The standard InChI is InChI=1S/C21H24N2O4/c22-21(25)17-10-12-23(13-11-17)20(24)15-27-19-8-6-18(7-9-19)26-14-16-4-2-1-3-5-16/h1-9,17H,10-15H2,(H2,22,25). The van der Waals surface area contributed by atoms with Crippen LogP contribution in [0, 0.1) is 5.92 Å². The summed E-state index contributed by atoms with van der Waals surface area (Å²) in [7, 11) is 0. The highest BCUT2D eigenvalue weighted by atomic mass is 16.5. The molecular weight excluding hydrogens is 344 g/mol. The van der Waals surface area contributed by atoms with E-state index in [4.69, 9.17) is 15.2 Å². The second kappa shape index (κ2) is 9.07. The fraction of sp³-hybridized carbons (Fsp3) is 0.333. The van der Waals surface area contributed by atoms with E-state index in [2.05, 4.69) is 0 Å². The van der Waals surface area contributed by atoms with Gasteiger partial charge in [-0.05, 0) is 42.7 Å². The third kappa shape index (κ3) is 5.48. The Hall–Kier alpha value is -3.02. The van der Waals surface area contributed by atoms with Crippen molar-refractivity contribution in [2.75, 3.05) is 19.7 Å². The monoisotopic (exact) mass is 368 g/mol. The Morgan fingerprint density at radius 3 is 2.11 bits per heavy atom. The van der Waals surface area contributed by atoms with Crippen molar-refractivity contribution in [1.82, 2.24) is 4.90 Å². The van der Waals surface area contributed by atoms with Crippen LogP contribution in [0.15, 0.2) is 54.6 Å². The average Bonchev–Trinajstić information content (AvgIpc) is 2.72.